The molecule has 57 heavy (non-hydrogen) atoms. The second kappa shape index (κ2) is 26.5. The average Bonchev–Trinajstić information content (AvgIpc) is 2.98. The monoisotopic (exact) mass is 937 g/mol. The zero-order valence-corrected chi connectivity index (χ0v) is 43.2. The molecule has 0 amide bonds. The number of hydrogen-bond donors (Lipinski definition) is 5. The summed E-state index contributed by atoms with van der Waals surface area (Å²) in [6, 6.07) is -2.43. The van der Waals surface area contributed by atoms with E-state index >= 15 is 0 Å². The first-order chi connectivity index (χ1) is 23.8. The maximum absolute atomic E-state index is 12.3. The molecule has 0 aromatic heterocycles. The average molecular weight is 938 g/mol. The molecule has 36 heteroatoms. The number of hydrogen-bond acceptors (Lipinski definition) is 27. The predicted molar refractivity (Wildman–Crippen MR) is 140 cm³/mol. The topological polar surface area (TPSA) is 448 Å². The van der Waals surface area contributed by atoms with Gasteiger partial charge in [-0.2, -0.15) is 8.42 Å². The van der Waals surface area contributed by atoms with E-state index in [2.05, 4.69) is 17.5 Å². The minimum Gasteiger partial charge on any atom is -0.862 e. The molecule has 3 fully saturated rings. The van der Waals surface area contributed by atoms with Crippen molar-refractivity contribution < 1.29 is 273 Å². The van der Waals surface area contributed by atoms with Crippen LogP contribution in [0.5, 0.6) is 0 Å². The van der Waals surface area contributed by atoms with Crippen molar-refractivity contribution in [2.24, 2.45) is 4.99 Å². The SMILES string of the molecule is CO[C@@H]1O[C@@H](C(=O)[O-])[C@@H](O[C@@H]2O[C@H](CO)[C@H](OS(=O)(=O)[O-])[C@H](O[C@@H]3O[C@@H](C(=O)[O-])[C@@H](O)[C@H](O)[C@H]3OS(=O)(=O)[O-])[C@H]2N=C(C)[O-])[C@H](O)[C@H]1OS(=O)(=O)O.[Na+].[Na+].[Na+].[Na+].[Na+]. The molecule has 3 aliphatic heterocycles. The molecule has 0 aromatic carbocycles. The zero-order valence-electron chi connectivity index (χ0n) is 30.8. The minimum absolute atomic E-state index is 0. The Balaban J connectivity index is -0.00000583. The number of methoxy groups -OCH3 is 1. The van der Waals surface area contributed by atoms with E-state index in [1.165, 1.54) is 0 Å². The second-order valence-corrected chi connectivity index (χ2v) is 13.8. The number of nitrogens with zero attached hydrogens (tertiary/aromatic N) is 1. The molecule has 3 saturated heterocycles. The Morgan fingerprint density at radius 1 is 0.649 bits per heavy atom. The Hall–Kier alpha value is 2.62. The van der Waals surface area contributed by atoms with Crippen molar-refractivity contribution in [3.05, 3.63) is 0 Å². The van der Waals surface area contributed by atoms with Gasteiger partial charge in [-0.15, -0.1) is 0 Å². The maximum Gasteiger partial charge on any atom is 1.00 e. The van der Waals surface area contributed by atoms with Crippen molar-refractivity contribution in [3.63, 3.8) is 0 Å². The third-order valence-corrected chi connectivity index (χ3v) is 8.54. The number of carboxylic acids is 2. The Labute approximate surface area is 433 Å². The van der Waals surface area contributed by atoms with E-state index in [9.17, 15) is 84.2 Å². The van der Waals surface area contributed by atoms with Gasteiger partial charge in [-0.05, 0) is 12.8 Å². The fourth-order valence-corrected chi connectivity index (χ4v) is 6.66. The number of aliphatic hydroxyl groups is 4. The standard InChI is InChI=1S/C21H33NO27S3.5Na/c1-4(24)22-6-11(43-21-14(48-51(35,36)37)8(26)7(25)13(45-21)17(28)29)10(47-50(32,33)34)5(3-23)42-19(6)44-12-9(27)15(49-52(38,39)40)20(41-2)46-16(12)18(30)31;;;;;/h5-16,19-21,23,25-27H,3H2,1-2H3,(H,22,24)(H,28,29)(H,30,31)(H,32,33,34)(H,35,36,37)(H,38,39,40);;;;;/q;5*+1/p-5/t5-,6-,7+,8+,9+,10+,11-,12+,13-,14-,15-,16-,19+,20-,21-;;;;;/m1...../s1. The summed E-state index contributed by atoms with van der Waals surface area (Å²) in [4.78, 5) is 27.1. The summed E-state index contributed by atoms with van der Waals surface area (Å²) in [7, 11) is -16.6. The van der Waals surface area contributed by atoms with E-state index in [1.54, 1.807) is 0 Å². The van der Waals surface area contributed by atoms with E-state index < -0.39 is 148 Å². The fourth-order valence-electron chi connectivity index (χ4n) is 5.20. The van der Waals surface area contributed by atoms with Gasteiger partial charge >= 0.3 is 158 Å². The number of aliphatic carboxylic acids is 2. The van der Waals surface area contributed by atoms with Crippen molar-refractivity contribution >= 4 is 49.0 Å². The quantitative estimate of drug-likeness (QED) is 0.0335. The number of aliphatic hydroxyl groups excluding tert-OH is 4. The van der Waals surface area contributed by atoms with Crippen molar-refractivity contribution in [2.75, 3.05) is 13.7 Å². The molecule has 0 aromatic rings. The van der Waals surface area contributed by atoms with E-state index in [-0.39, 0.29) is 148 Å². The molecular formula is C21H28NNa5O27S3. The molecule has 15 atom stereocenters. The first kappa shape index (κ1) is 63.9. The van der Waals surface area contributed by atoms with Gasteiger partial charge in [0.25, 0.3) is 0 Å². The van der Waals surface area contributed by atoms with Crippen molar-refractivity contribution in [3.8, 4) is 0 Å². The van der Waals surface area contributed by atoms with Crippen LogP contribution in [0.1, 0.15) is 6.92 Å². The Morgan fingerprint density at radius 2 is 1.11 bits per heavy atom. The first-order valence-electron chi connectivity index (χ1n) is 13.8. The summed E-state index contributed by atoms with van der Waals surface area (Å²) in [6.45, 7) is -0.753. The van der Waals surface area contributed by atoms with Crippen molar-refractivity contribution in [1.82, 2.24) is 0 Å². The summed E-state index contributed by atoms with van der Waals surface area (Å²) in [6.07, 6.45) is -35.6. The molecule has 0 bridgehead atoms. The van der Waals surface area contributed by atoms with E-state index in [1.807, 2.05) is 0 Å². The van der Waals surface area contributed by atoms with Gasteiger partial charge in [0, 0.05) is 7.11 Å². The van der Waals surface area contributed by atoms with Crippen LogP contribution in [-0.2, 0) is 81.8 Å². The number of carbonyl (C=O) groups is 2. The van der Waals surface area contributed by atoms with Gasteiger partial charge in [0.05, 0.1) is 18.5 Å². The largest absolute Gasteiger partial charge is 1.00 e. The summed E-state index contributed by atoms with van der Waals surface area (Å²) >= 11 is 0. The summed E-state index contributed by atoms with van der Waals surface area (Å²) in [5.41, 5.74) is 0. The van der Waals surface area contributed by atoms with Crippen LogP contribution in [0.25, 0.3) is 0 Å². The van der Waals surface area contributed by atoms with E-state index in [0.717, 1.165) is 7.11 Å². The Morgan fingerprint density at radius 3 is 1.53 bits per heavy atom. The molecule has 0 unspecified atom stereocenters. The van der Waals surface area contributed by atoms with E-state index in [0.29, 0.717) is 6.92 Å². The van der Waals surface area contributed by atoms with Crippen molar-refractivity contribution in [1.29, 1.82) is 0 Å². The van der Waals surface area contributed by atoms with Crippen LogP contribution < -0.4 is 163 Å². The molecule has 0 radical (unpaired) electrons. The fraction of sp³-hybridized carbons (Fsp3) is 0.857. The number of rotatable bonds is 15. The number of ether oxygens (including phenoxy) is 6. The molecule has 3 heterocycles. The van der Waals surface area contributed by atoms with Gasteiger partial charge in [0.15, 0.2) is 31.1 Å². The smallest absolute Gasteiger partial charge is 0.862 e. The molecule has 0 spiro atoms. The van der Waals surface area contributed by atoms with E-state index in [4.69, 9.17) is 28.4 Å². The molecule has 5 N–H and O–H groups in total. The van der Waals surface area contributed by atoms with Crippen LogP contribution in [0.15, 0.2) is 4.99 Å². The number of carbonyl (C=O) groups excluding carboxylic acids is 2. The Kier molecular flexibility index (Phi) is 29.8. The van der Waals surface area contributed by atoms with Gasteiger partial charge in [-0.3, -0.25) is 17.9 Å². The molecule has 3 rings (SSSR count). The number of carboxylic acid groups (broad SMARTS) is 2. The third kappa shape index (κ3) is 18.2. The molecule has 3 aliphatic rings. The Bertz CT molecular complexity index is 1660. The van der Waals surface area contributed by atoms with Crippen LogP contribution in [0.3, 0.4) is 0 Å². The zero-order chi connectivity index (χ0) is 39.7. The van der Waals surface area contributed by atoms with Gasteiger partial charge < -0.3 is 82.9 Å². The maximum atomic E-state index is 12.3. The third-order valence-electron chi connectivity index (χ3n) is 7.16. The first-order valence-corrected chi connectivity index (χ1v) is 17.8. The van der Waals surface area contributed by atoms with Crippen molar-refractivity contribution in [2.45, 2.75) is 99.0 Å². The minimum atomic E-state index is -5.94. The molecule has 0 aliphatic carbocycles. The van der Waals surface area contributed by atoms with Crippen LogP contribution in [0.4, 0.5) is 0 Å². The van der Waals surface area contributed by atoms with Crippen LogP contribution >= 0.6 is 0 Å². The normalized spacial score (nSPS) is 36.1. The van der Waals surface area contributed by atoms with Crippen LogP contribution in [0, 0.1) is 0 Å². The van der Waals surface area contributed by atoms with Gasteiger partial charge in [0.1, 0.15) is 61.0 Å². The van der Waals surface area contributed by atoms with Crippen LogP contribution in [-0.4, -0.2) is 183 Å². The molecular weight excluding hydrogens is 909 g/mol. The second-order valence-electron chi connectivity index (χ2n) is 10.7. The van der Waals surface area contributed by atoms with Gasteiger partial charge in [-0.1, -0.05) is 0 Å². The molecule has 302 valence electrons. The summed E-state index contributed by atoms with van der Waals surface area (Å²) < 4.78 is 145. The summed E-state index contributed by atoms with van der Waals surface area (Å²) in [5, 5.41) is 77.5. The van der Waals surface area contributed by atoms with Crippen LogP contribution in [0.2, 0.25) is 0 Å². The molecule has 28 nitrogen and oxygen atoms in total. The number of aliphatic imine (C=N–C) groups is 1. The van der Waals surface area contributed by atoms with Gasteiger partial charge in [-0.25, -0.2) is 21.0 Å². The summed E-state index contributed by atoms with van der Waals surface area (Å²) in [5.74, 6) is -5.85. The molecule has 0 saturated carbocycles. The predicted octanol–water partition coefficient (Wildman–Crippen LogP) is -25.8. The van der Waals surface area contributed by atoms with Gasteiger partial charge in [0.2, 0.25) is 20.8 Å².